The minimum Gasteiger partial charge on any atom is -0.550 e. The molecule has 69 heavy (non-hydrogen) atoms. The Balaban J connectivity index is -0.000000263. The van der Waals surface area contributed by atoms with Gasteiger partial charge in [-0.3, -0.25) is 0 Å². The van der Waals surface area contributed by atoms with E-state index in [1.54, 1.807) is 24.3 Å². The van der Waals surface area contributed by atoms with Crippen LogP contribution in [-0.4, -0.2) is 23.9 Å². The number of carbonyl (C=O) groups is 4. The van der Waals surface area contributed by atoms with Crippen molar-refractivity contribution in [2.24, 2.45) is 23.7 Å². The average Bonchev–Trinajstić information content (AvgIpc) is 3.31. The minimum atomic E-state index is -0.923. The predicted molar refractivity (Wildman–Crippen MR) is 282 cm³/mol. The SMILES string of the molecule is C=CCC(CCCCCCCCCC)C(=O)[O-].C=CCC(CCCCCCCCCC)C(=O)[O-].C=CCC(CCCCCCCCCC)C(=O)[O-].C=CCC(CCCCCCCCCC)C(=O)[O-].[Zr+4]. The number of aliphatic carboxylic acids is 4. The van der Waals surface area contributed by atoms with Gasteiger partial charge in [0, 0.05) is 47.5 Å². The zero-order chi connectivity index (χ0) is 51.7. The van der Waals surface area contributed by atoms with Crippen molar-refractivity contribution in [3.8, 4) is 0 Å². The summed E-state index contributed by atoms with van der Waals surface area (Å²) in [6, 6.07) is 0. The zero-order valence-corrected chi connectivity index (χ0v) is 48.0. The number of allylic oxidation sites excluding steroid dienone is 4. The molecule has 0 fully saturated rings. The number of hydrogen-bond donors (Lipinski definition) is 0. The molecule has 9 heteroatoms. The van der Waals surface area contributed by atoms with E-state index in [0.29, 0.717) is 25.7 Å². The van der Waals surface area contributed by atoms with Crippen molar-refractivity contribution in [2.45, 2.75) is 285 Å². The van der Waals surface area contributed by atoms with Gasteiger partial charge in [0.15, 0.2) is 0 Å². The fourth-order valence-corrected chi connectivity index (χ4v) is 8.23. The summed E-state index contributed by atoms with van der Waals surface area (Å²) in [4.78, 5) is 43.1. The molecular formula is C60H108O8Zr. The van der Waals surface area contributed by atoms with Crippen molar-refractivity contribution in [3.05, 3.63) is 50.6 Å². The third-order valence-corrected chi connectivity index (χ3v) is 12.8. The normalized spacial score (nSPS) is 12.1. The van der Waals surface area contributed by atoms with Crippen LogP contribution in [-0.2, 0) is 45.4 Å². The first kappa shape index (κ1) is 75.7. The van der Waals surface area contributed by atoms with Gasteiger partial charge in [0.2, 0.25) is 0 Å². The molecular weight excluding hydrogens is 940 g/mol. The van der Waals surface area contributed by atoms with Gasteiger partial charge in [0.25, 0.3) is 0 Å². The number of carboxylic acid groups (broad SMARTS) is 4. The van der Waals surface area contributed by atoms with Crippen molar-refractivity contribution in [1.82, 2.24) is 0 Å². The molecule has 4 unspecified atom stereocenters. The summed E-state index contributed by atoms with van der Waals surface area (Å²) in [5, 5.41) is 43.1. The van der Waals surface area contributed by atoms with E-state index in [-0.39, 0.29) is 49.9 Å². The minimum absolute atomic E-state index is 0. The third-order valence-electron chi connectivity index (χ3n) is 12.8. The summed E-state index contributed by atoms with van der Waals surface area (Å²) in [6.45, 7) is 23.2. The molecule has 400 valence electrons. The van der Waals surface area contributed by atoms with Crippen molar-refractivity contribution in [1.29, 1.82) is 0 Å². The Labute approximate surface area is 446 Å². The molecule has 4 atom stereocenters. The molecule has 0 aromatic carbocycles. The van der Waals surface area contributed by atoms with Crippen LogP contribution >= 0.6 is 0 Å². The van der Waals surface area contributed by atoms with E-state index in [4.69, 9.17) is 0 Å². The number of rotatable bonds is 48. The van der Waals surface area contributed by atoms with Crippen LogP contribution in [0.5, 0.6) is 0 Å². The molecule has 0 aliphatic carbocycles. The number of carboxylic acids is 4. The van der Waals surface area contributed by atoms with Crippen LogP contribution in [0.3, 0.4) is 0 Å². The van der Waals surface area contributed by atoms with E-state index in [9.17, 15) is 39.6 Å². The molecule has 0 aliphatic rings. The largest absolute Gasteiger partial charge is 4.00 e. The maximum Gasteiger partial charge on any atom is 4.00 e. The maximum atomic E-state index is 10.8. The van der Waals surface area contributed by atoms with Gasteiger partial charge >= 0.3 is 26.2 Å². The number of unbranched alkanes of at least 4 members (excludes halogenated alkanes) is 28. The number of carbonyl (C=O) groups excluding carboxylic acids is 4. The predicted octanol–water partition coefficient (Wildman–Crippen LogP) is 13.8. The topological polar surface area (TPSA) is 161 Å². The van der Waals surface area contributed by atoms with Gasteiger partial charge in [-0.25, -0.2) is 0 Å². The van der Waals surface area contributed by atoms with E-state index in [1.165, 1.54) is 154 Å². The molecule has 0 spiro atoms. The second-order valence-corrected chi connectivity index (χ2v) is 19.2. The Hall–Kier alpha value is -2.28. The van der Waals surface area contributed by atoms with Gasteiger partial charge in [-0.05, 0) is 51.4 Å². The Morgan fingerprint density at radius 2 is 0.420 bits per heavy atom. The monoisotopic (exact) mass is 1050 g/mol. The summed E-state index contributed by atoms with van der Waals surface area (Å²) < 4.78 is 0. The molecule has 0 radical (unpaired) electrons. The van der Waals surface area contributed by atoms with Gasteiger partial charge in [0.1, 0.15) is 0 Å². The molecule has 0 amide bonds. The van der Waals surface area contributed by atoms with Crippen LogP contribution in [0, 0.1) is 23.7 Å². The Morgan fingerprint density at radius 3 is 0.536 bits per heavy atom. The standard InChI is InChI=1S/4C15H28O2.Zr/c4*1-3-5-6-7-8-9-10-11-13-14(12-4-2)15(16)17;/h4*4,14H,2-3,5-13H2,1H3,(H,16,17);/q;;;;+4/p-4. The molecule has 0 saturated heterocycles. The average molecular weight is 1050 g/mol. The first-order chi connectivity index (χ1) is 32.9. The van der Waals surface area contributed by atoms with Crippen molar-refractivity contribution < 1.29 is 65.8 Å². The van der Waals surface area contributed by atoms with E-state index in [1.807, 2.05) is 0 Å². The van der Waals surface area contributed by atoms with Crippen molar-refractivity contribution >= 4 is 23.9 Å². The van der Waals surface area contributed by atoms with Crippen LogP contribution in [0.25, 0.3) is 0 Å². The molecule has 0 bridgehead atoms. The molecule has 0 heterocycles. The second-order valence-electron chi connectivity index (χ2n) is 19.2. The van der Waals surface area contributed by atoms with E-state index in [2.05, 4.69) is 54.0 Å². The fraction of sp³-hybridized carbons (Fsp3) is 0.800. The maximum absolute atomic E-state index is 10.8. The van der Waals surface area contributed by atoms with Gasteiger partial charge in [-0.2, -0.15) is 0 Å². The van der Waals surface area contributed by atoms with Gasteiger partial charge in [0.05, 0.1) is 0 Å². The van der Waals surface area contributed by atoms with Gasteiger partial charge < -0.3 is 39.6 Å². The zero-order valence-electron chi connectivity index (χ0n) is 45.5. The summed E-state index contributed by atoms with van der Waals surface area (Å²) in [5.41, 5.74) is 0. The first-order valence-corrected chi connectivity index (χ1v) is 28.1. The van der Waals surface area contributed by atoms with Crippen LogP contribution in [0.1, 0.15) is 285 Å². The molecule has 0 N–H and O–H groups in total. The smallest absolute Gasteiger partial charge is 0.550 e. The molecule has 0 saturated carbocycles. The van der Waals surface area contributed by atoms with Crippen LogP contribution in [0.4, 0.5) is 0 Å². The first-order valence-electron chi connectivity index (χ1n) is 28.1. The van der Waals surface area contributed by atoms with Crippen LogP contribution < -0.4 is 20.4 Å². The summed E-state index contributed by atoms with van der Waals surface area (Å²) in [6.07, 6.45) is 51.6. The van der Waals surface area contributed by atoms with E-state index < -0.39 is 23.9 Å². The Bertz CT molecular complexity index is 980. The molecule has 0 aromatic heterocycles. The van der Waals surface area contributed by atoms with E-state index in [0.717, 1.165) is 77.0 Å². The van der Waals surface area contributed by atoms with E-state index >= 15 is 0 Å². The Morgan fingerprint density at radius 1 is 0.290 bits per heavy atom. The quantitative estimate of drug-likeness (QED) is 0.0430. The summed E-state index contributed by atoms with van der Waals surface area (Å²) in [5.74, 6) is -5.00. The summed E-state index contributed by atoms with van der Waals surface area (Å²) >= 11 is 0. The number of hydrogen-bond acceptors (Lipinski definition) is 8. The van der Waals surface area contributed by atoms with Gasteiger partial charge in [-0.15, -0.1) is 26.3 Å². The van der Waals surface area contributed by atoms with Crippen molar-refractivity contribution in [2.75, 3.05) is 0 Å². The van der Waals surface area contributed by atoms with Crippen molar-refractivity contribution in [3.63, 3.8) is 0 Å². The fourth-order valence-electron chi connectivity index (χ4n) is 8.23. The third kappa shape index (κ3) is 61.8. The molecule has 8 nitrogen and oxygen atoms in total. The molecule has 0 aliphatic heterocycles. The second kappa shape index (κ2) is 63.7. The van der Waals surface area contributed by atoms with Gasteiger partial charge in [-0.1, -0.05) is 257 Å². The molecule has 0 aromatic rings. The van der Waals surface area contributed by atoms with Crippen LogP contribution in [0.2, 0.25) is 0 Å². The summed E-state index contributed by atoms with van der Waals surface area (Å²) in [7, 11) is 0. The molecule has 0 rings (SSSR count). The Kier molecular flexibility index (Phi) is 69.9. The van der Waals surface area contributed by atoms with Crippen LogP contribution in [0.15, 0.2) is 50.6 Å².